The Balaban J connectivity index is 0. The van der Waals surface area contributed by atoms with Crippen LogP contribution in [0.5, 0.6) is 0 Å². The molecule has 0 rings (SSSR count). The summed E-state index contributed by atoms with van der Waals surface area (Å²) >= 11 is 3.58. The van der Waals surface area contributed by atoms with Crippen LogP contribution in [-0.2, 0) is 9.53 Å². The summed E-state index contributed by atoms with van der Waals surface area (Å²) in [5.41, 5.74) is 0. The Morgan fingerprint density at radius 2 is 1.69 bits per heavy atom. The SMILES string of the molecule is COC(=O)CCCSC.CSCCCCO. The summed E-state index contributed by atoms with van der Waals surface area (Å²) in [6, 6.07) is 0. The Hall–Kier alpha value is 0.130. The van der Waals surface area contributed by atoms with Crippen molar-refractivity contribution in [2.45, 2.75) is 25.7 Å². The number of aliphatic hydroxyl groups excluding tert-OH is 1. The van der Waals surface area contributed by atoms with E-state index in [4.69, 9.17) is 5.11 Å². The molecule has 0 aliphatic heterocycles. The molecule has 0 radical (unpaired) electrons. The number of rotatable bonds is 8. The molecule has 5 heteroatoms. The third-order valence-electron chi connectivity index (χ3n) is 1.71. The first-order valence-electron chi connectivity index (χ1n) is 5.38. The van der Waals surface area contributed by atoms with E-state index in [0.29, 0.717) is 13.0 Å². The number of unbranched alkanes of at least 4 members (excludes halogenated alkanes) is 1. The van der Waals surface area contributed by atoms with E-state index in [9.17, 15) is 4.79 Å². The van der Waals surface area contributed by atoms with E-state index in [2.05, 4.69) is 11.0 Å². The number of hydrogen-bond acceptors (Lipinski definition) is 5. The van der Waals surface area contributed by atoms with E-state index in [1.807, 2.05) is 18.0 Å². The molecule has 0 atom stereocenters. The molecule has 0 saturated heterocycles. The van der Waals surface area contributed by atoms with E-state index in [1.54, 1.807) is 11.8 Å². The van der Waals surface area contributed by atoms with Gasteiger partial charge in [-0.05, 0) is 43.3 Å². The van der Waals surface area contributed by atoms with Crippen LogP contribution >= 0.6 is 23.5 Å². The minimum Gasteiger partial charge on any atom is -0.469 e. The first-order valence-corrected chi connectivity index (χ1v) is 8.17. The Morgan fingerprint density at radius 3 is 2.12 bits per heavy atom. The Bertz CT molecular complexity index is 139. The van der Waals surface area contributed by atoms with Crippen LogP contribution < -0.4 is 0 Å². The zero-order chi connectivity index (χ0) is 12.6. The summed E-state index contributed by atoms with van der Waals surface area (Å²) in [7, 11) is 1.42. The lowest BCUT2D eigenvalue weighted by Crippen LogP contribution is -1.99. The third-order valence-corrected chi connectivity index (χ3v) is 3.11. The number of esters is 1. The van der Waals surface area contributed by atoms with E-state index in [0.717, 1.165) is 25.0 Å². The van der Waals surface area contributed by atoms with E-state index in [1.165, 1.54) is 12.9 Å². The van der Waals surface area contributed by atoms with Gasteiger partial charge in [0, 0.05) is 13.0 Å². The van der Waals surface area contributed by atoms with E-state index >= 15 is 0 Å². The molecule has 0 aliphatic carbocycles. The number of thioether (sulfide) groups is 2. The highest BCUT2D eigenvalue weighted by Gasteiger charge is 1.96. The summed E-state index contributed by atoms with van der Waals surface area (Å²) in [4.78, 5) is 10.5. The first-order chi connectivity index (χ1) is 7.72. The second-order valence-electron chi connectivity index (χ2n) is 3.10. The van der Waals surface area contributed by atoms with Crippen molar-refractivity contribution in [2.75, 3.05) is 37.7 Å². The van der Waals surface area contributed by atoms with E-state index < -0.39 is 0 Å². The number of carbonyl (C=O) groups excluding carboxylic acids is 1. The van der Waals surface area contributed by atoms with Gasteiger partial charge in [-0.2, -0.15) is 23.5 Å². The molecule has 1 N–H and O–H groups in total. The van der Waals surface area contributed by atoms with Gasteiger partial charge in [-0.1, -0.05) is 0 Å². The minimum atomic E-state index is -0.107. The Morgan fingerprint density at radius 1 is 1.12 bits per heavy atom. The maximum atomic E-state index is 10.5. The third kappa shape index (κ3) is 19.7. The van der Waals surface area contributed by atoms with Crippen molar-refractivity contribution < 1.29 is 14.6 Å². The second-order valence-corrected chi connectivity index (χ2v) is 5.07. The van der Waals surface area contributed by atoms with Gasteiger partial charge >= 0.3 is 5.97 Å². The zero-order valence-electron chi connectivity index (χ0n) is 10.5. The quantitative estimate of drug-likeness (QED) is 0.541. The fraction of sp³-hybridized carbons (Fsp3) is 0.909. The maximum absolute atomic E-state index is 10.5. The van der Waals surface area contributed by atoms with Gasteiger partial charge in [0.1, 0.15) is 0 Å². The molecular weight excluding hydrogens is 244 g/mol. The predicted octanol–water partition coefficient (Wildman–Crippen LogP) is 2.42. The van der Waals surface area contributed by atoms with Crippen molar-refractivity contribution in [1.82, 2.24) is 0 Å². The van der Waals surface area contributed by atoms with Crippen molar-refractivity contribution in [3.05, 3.63) is 0 Å². The van der Waals surface area contributed by atoms with Crippen LogP contribution in [0.4, 0.5) is 0 Å². The van der Waals surface area contributed by atoms with Crippen molar-refractivity contribution in [3.63, 3.8) is 0 Å². The minimum absolute atomic E-state index is 0.107. The molecule has 16 heavy (non-hydrogen) atoms. The molecule has 0 amide bonds. The van der Waals surface area contributed by atoms with E-state index in [-0.39, 0.29) is 5.97 Å². The molecular formula is C11H24O3S2. The normalized spacial score (nSPS) is 9.25. The summed E-state index contributed by atoms with van der Waals surface area (Å²) < 4.78 is 4.45. The zero-order valence-corrected chi connectivity index (χ0v) is 12.2. The van der Waals surface area contributed by atoms with Gasteiger partial charge < -0.3 is 9.84 Å². The number of aliphatic hydroxyl groups is 1. The average molecular weight is 268 g/mol. The number of carbonyl (C=O) groups is 1. The van der Waals surface area contributed by atoms with Crippen LogP contribution in [0.25, 0.3) is 0 Å². The lowest BCUT2D eigenvalue weighted by Gasteiger charge is -1.95. The predicted molar refractivity (Wildman–Crippen MR) is 74.3 cm³/mol. The molecule has 98 valence electrons. The van der Waals surface area contributed by atoms with Crippen LogP contribution in [0.1, 0.15) is 25.7 Å². The van der Waals surface area contributed by atoms with Crippen molar-refractivity contribution >= 4 is 29.5 Å². The van der Waals surface area contributed by atoms with Crippen LogP contribution in [0.2, 0.25) is 0 Å². The fourth-order valence-corrected chi connectivity index (χ4v) is 1.75. The molecule has 0 fully saturated rings. The number of hydrogen-bond donors (Lipinski definition) is 1. The summed E-state index contributed by atoms with van der Waals surface area (Å²) in [5, 5.41) is 8.28. The summed E-state index contributed by atoms with van der Waals surface area (Å²) in [6.07, 6.45) is 7.69. The lowest BCUT2D eigenvalue weighted by atomic mass is 10.3. The van der Waals surface area contributed by atoms with Gasteiger partial charge in [-0.3, -0.25) is 4.79 Å². The standard InChI is InChI=1S/C6H12O2S.C5H12OS/c1-8-6(7)4-3-5-9-2;1-7-5-3-2-4-6/h3-5H2,1-2H3;6H,2-5H2,1H3. The van der Waals surface area contributed by atoms with Crippen LogP contribution in [0.3, 0.4) is 0 Å². The Kier molecular flexibility index (Phi) is 20.3. The molecule has 3 nitrogen and oxygen atoms in total. The largest absolute Gasteiger partial charge is 0.469 e. The maximum Gasteiger partial charge on any atom is 0.305 e. The molecule has 0 spiro atoms. The van der Waals surface area contributed by atoms with Crippen LogP contribution in [0.15, 0.2) is 0 Å². The van der Waals surface area contributed by atoms with Gasteiger partial charge in [-0.15, -0.1) is 0 Å². The second kappa shape index (κ2) is 17.5. The highest BCUT2D eigenvalue weighted by Crippen LogP contribution is 1.99. The number of methoxy groups -OCH3 is 1. The molecule has 0 bridgehead atoms. The highest BCUT2D eigenvalue weighted by atomic mass is 32.2. The van der Waals surface area contributed by atoms with Gasteiger partial charge in [-0.25, -0.2) is 0 Å². The molecule has 0 aromatic rings. The fourth-order valence-electron chi connectivity index (χ4n) is 0.821. The highest BCUT2D eigenvalue weighted by molar-refractivity contribution is 7.98. The molecule has 0 aromatic heterocycles. The van der Waals surface area contributed by atoms with Gasteiger partial charge in [0.15, 0.2) is 0 Å². The average Bonchev–Trinajstić information content (AvgIpc) is 2.31. The lowest BCUT2D eigenvalue weighted by molar-refractivity contribution is -0.140. The van der Waals surface area contributed by atoms with Gasteiger partial charge in [0.05, 0.1) is 7.11 Å². The van der Waals surface area contributed by atoms with Gasteiger partial charge in [0.2, 0.25) is 0 Å². The molecule has 0 heterocycles. The van der Waals surface area contributed by atoms with Crippen LogP contribution in [0, 0.1) is 0 Å². The monoisotopic (exact) mass is 268 g/mol. The smallest absolute Gasteiger partial charge is 0.305 e. The topological polar surface area (TPSA) is 46.5 Å². The van der Waals surface area contributed by atoms with Crippen molar-refractivity contribution in [3.8, 4) is 0 Å². The summed E-state index contributed by atoms with van der Waals surface area (Å²) in [5.74, 6) is 2.11. The molecule has 0 saturated carbocycles. The van der Waals surface area contributed by atoms with Gasteiger partial charge in [0.25, 0.3) is 0 Å². The van der Waals surface area contributed by atoms with Crippen molar-refractivity contribution in [2.24, 2.45) is 0 Å². The number of ether oxygens (including phenoxy) is 1. The molecule has 0 aromatic carbocycles. The summed E-state index contributed by atoms with van der Waals surface area (Å²) in [6.45, 7) is 0.348. The molecule has 0 unspecified atom stereocenters. The van der Waals surface area contributed by atoms with Crippen molar-refractivity contribution in [1.29, 1.82) is 0 Å². The molecule has 0 aliphatic rings. The first kappa shape index (κ1) is 18.5. The Labute approximate surface area is 108 Å². The van der Waals surface area contributed by atoms with Crippen LogP contribution in [-0.4, -0.2) is 48.8 Å².